The van der Waals surface area contributed by atoms with Gasteiger partial charge in [-0.15, -0.1) is 11.6 Å². The number of carbonyl (C=O) groups is 1. The van der Waals surface area contributed by atoms with Crippen LogP contribution in [0.5, 0.6) is 0 Å². The minimum Gasteiger partial charge on any atom is -0.388 e. The normalized spacial score (nSPS) is 15.1. The van der Waals surface area contributed by atoms with Crippen LogP contribution in [-0.4, -0.2) is 18.3 Å². The molecule has 0 heterocycles. The Kier molecular flexibility index (Phi) is 7.14. The van der Waals surface area contributed by atoms with Gasteiger partial charge in [0.2, 0.25) is 0 Å². The number of carbonyl (C=O) groups excluding carboxylic acids is 1. The Morgan fingerprint density at radius 2 is 2.12 bits per heavy atom. The van der Waals surface area contributed by atoms with Gasteiger partial charge in [0.1, 0.15) is 11.6 Å². The van der Waals surface area contributed by atoms with Gasteiger partial charge in [-0.2, -0.15) is 5.26 Å². The van der Waals surface area contributed by atoms with Crippen LogP contribution in [0.1, 0.15) is 48.9 Å². The first-order valence-corrected chi connectivity index (χ1v) is 9.05. The molecule has 0 spiro atoms. The number of nitriles is 1. The lowest BCUT2D eigenvalue weighted by Gasteiger charge is -2.21. The van der Waals surface area contributed by atoms with Gasteiger partial charge in [0.15, 0.2) is 0 Å². The predicted molar refractivity (Wildman–Crippen MR) is 96.7 cm³/mol. The third-order valence-electron chi connectivity index (χ3n) is 4.34. The molecule has 24 heavy (non-hydrogen) atoms. The van der Waals surface area contributed by atoms with E-state index in [0.717, 1.165) is 24.8 Å². The fourth-order valence-corrected chi connectivity index (χ4v) is 3.11. The lowest BCUT2D eigenvalue weighted by atomic mass is 9.88. The Bertz CT molecular complexity index is 649. The molecule has 1 unspecified atom stereocenters. The molecule has 1 aliphatic rings. The molecule has 0 bridgehead atoms. The van der Waals surface area contributed by atoms with Gasteiger partial charge in [-0.05, 0) is 48.8 Å². The number of hydrogen-bond donors (Lipinski definition) is 2. The molecule has 128 valence electrons. The summed E-state index contributed by atoms with van der Waals surface area (Å²) in [5.41, 5.74) is 3.99. The number of rotatable bonds is 7. The van der Waals surface area contributed by atoms with Crippen molar-refractivity contribution in [2.45, 2.75) is 45.1 Å². The summed E-state index contributed by atoms with van der Waals surface area (Å²) in [4.78, 5) is 12.3. The van der Waals surface area contributed by atoms with E-state index in [9.17, 15) is 4.79 Å². The van der Waals surface area contributed by atoms with Crippen LogP contribution in [0.2, 0.25) is 0 Å². The maximum Gasteiger partial charge on any atom is 0.263 e. The lowest BCUT2D eigenvalue weighted by molar-refractivity contribution is -0.117. The number of benzene rings is 1. The lowest BCUT2D eigenvalue weighted by Crippen LogP contribution is -2.30. The number of hydrogen-bond acceptors (Lipinski definition) is 3. The highest BCUT2D eigenvalue weighted by Crippen LogP contribution is 2.26. The molecule has 1 amide bonds. The zero-order valence-corrected chi connectivity index (χ0v) is 14.8. The molecular formula is C19H24ClN3O. The van der Waals surface area contributed by atoms with Crippen LogP contribution in [0.25, 0.3) is 0 Å². The molecule has 1 aromatic rings. The Morgan fingerprint density at radius 1 is 1.38 bits per heavy atom. The van der Waals surface area contributed by atoms with E-state index >= 15 is 0 Å². The van der Waals surface area contributed by atoms with Gasteiger partial charge in [-0.25, -0.2) is 0 Å². The quantitative estimate of drug-likeness (QED) is 0.344. The van der Waals surface area contributed by atoms with Crippen LogP contribution in [0.3, 0.4) is 0 Å². The van der Waals surface area contributed by atoms with E-state index in [1.807, 2.05) is 13.0 Å². The van der Waals surface area contributed by atoms with E-state index < -0.39 is 0 Å². The van der Waals surface area contributed by atoms with Gasteiger partial charge in [0, 0.05) is 18.6 Å². The summed E-state index contributed by atoms with van der Waals surface area (Å²) < 4.78 is 0. The minimum absolute atomic E-state index is 0.0662. The third kappa shape index (κ3) is 4.75. The van der Waals surface area contributed by atoms with Crippen molar-refractivity contribution < 1.29 is 4.79 Å². The standard InChI is InChI=1S/C19H24ClN3O/c1-2-18(23-19(24)17(12-21)13-22-10-9-20)16-8-7-14-5-3-4-6-15(14)11-16/h7-8,11,13,18,22H,2-6,9-10H2,1H3,(H,23,24)/b17-13-. The summed E-state index contributed by atoms with van der Waals surface area (Å²) in [5.74, 6) is 0.0629. The van der Waals surface area contributed by atoms with Crippen molar-refractivity contribution in [3.05, 3.63) is 46.7 Å². The second-order valence-electron chi connectivity index (χ2n) is 5.98. The first kappa shape index (κ1) is 18.4. The van der Waals surface area contributed by atoms with Gasteiger partial charge in [0.05, 0.1) is 6.04 Å². The zero-order valence-electron chi connectivity index (χ0n) is 14.1. The van der Waals surface area contributed by atoms with Crippen molar-refractivity contribution in [1.29, 1.82) is 5.26 Å². The molecule has 1 aliphatic carbocycles. The number of amides is 1. The SMILES string of the molecule is CCC(NC(=O)/C(C#N)=C\NCCCl)c1ccc2c(c1)CCCC2. The molecule has 4 nitrogen and oxygen atoms in total. The number of halogens is 1. The molecule has 1 aromatic carbocycles. The first-order chi connectivity index (χ1) is 11.7. The van der Waals surface area contributed by atoms with Crippen molar-refractivity contribution in [1.82, 2.24) is 10.6 Å². The number of fused-ring (bicyclic) bond motifs is 1. The number of nitrogens with one attached hydrogen (secondary N) is 2. The maximum absolute atomic E-state index is 12.3. The van der Waals surface area contributed by atoms with Gasteiger partial charge in [-0.1, -0.05) is 25.1 Å². The topological polar surface area (TPSA) is 64.9 Å². The van der Waals surface area contributed by atoms with Gasteiger partial charge < -0.3 is 10.6 Å². The number of aryl methyl sites for hydroxylation is 2. The Balaban J connectivity index is 2.09. The van der Waals surface area contributed by atoms with E-state index in [1.165, 1.54) is 30.2 Å². The molecule has 2 N–H and O–H groups in total. The molecule has 0 radical (unpaired) electrons. The minimum atomic E-state index is -0.357. The Hall–Kier alpha value is -1.99. The monoisotopic (exact) mass is 345 g/mol. The summed E-state index contributed by atoms with van der Waals surface area (Å²) in [6.07, 6.45) is 6.94. The van der Waals surface area contributed by atoms with Crippen LogP contribution in [0.15, 0.2) is 30.0 Å². The van der Waals surface area contributed by atoms with Crippen LogP contribution in [0.4, 0.5) is 0 Å². The van der Waals surface area contributed by atoms with Crippen molar-refractivity contribution in [3.63, 3.8) is 0 Å². The molecule has 0 saturated carbocycles. The highest BCUT2D eigenvalue weighted by atomic mass is 35.5. The first-order valence-electron chi connectivity index (χ1n) is 8.51. The predicted octanol–water partition coefficient (Wildman–Crippen LogP) is 3.37. The maximum atomic E-state index is 12.3. The molecule has 1 atom stereocenters. The van der Waals surface area contributed by atoms with Crippen molar-refractivity contribution in [2.75, 3.05) is 12.4 Å². The van der Waals surface area contributed by atoms with Crippen LogP contribution in [-0.2, 0) is 17.6 Å². The number of nitrogens with zero attached hydrogens (tertiary/aromatic N) is 1. The van der Waals surface area contributed by atoms with E-state index in [2.05, 4.69) is 28.8 Å². The van der Waals surface area contributed by atoms with E-state index in [1.54, 1.807) is 0 Å². The smallest absolute Gasteiger partial charge is 0.263 e. The molecule has 5 heteroatoms. The average molecular weight is 346 g/mol. The van der Waals surface area contributed by atoms with Crippen LogP contribution < -0.4 is 10.6 Å². The summed E-state index contributed by atoms with van der Waals surface area (Å²) in [5, 5.41) is 15.0. The third-order valence-corrected chi connectivity index (χ3v) is 4.53. The van der Waals surface area contributed by atoms with Gasteiger partial charge in [0.25, 0.3) is 5.91 Å². The molecule has 0 aliphatic heterocycles. The van der Waals surface area contributed by atoms with Crippen molar-refractivity contribution in [3.8, 4) is 6.07 Å². The highest BCUT2D eigenvalue weighted by Gasteiger charge is 2.18. The second-order valence-corrected chi connectivity index (χ2v) is 6.36. The molecular weight excluding hydrogens is 322 g/mol. The largest absolute Gasteiger partial charge is 0.388 e. The van der Waals surface area contributed by atoms with E-state index in [0.29, 0.717) is 12.4 Å². The van der Waals surface area contributed by atoms with Crippen molar-refractivity contribution >= 4 is 17.5 Å². The zero-order chi connectivity index (χ0) is 17.4. The molecule has 2 rings (SSSR count). The summed E-state index contributed by atoms with van der Waals surface area (Å²) in [7, 11) is 0. The molecule has 0 aromatic heterocycles. The number of alkyl halides is 1. The molecule has 0 saturated heterocycles. The summed E-state index contributed by atoms with van der Waals surface area (Å²) in [6.45, 7) is 2.55. The summed E-state index contributed by atoms with van der Waals surface area (Å²) in [6, 6.07) is 8.34. The van der Waals surface area contributed by atoms with Crippen molar-refractivity contribution in [2.24, 2.45) is 0 Å². The van der Waals surface area contributed by atoms with Crippen LogP contribution in [0, 0.1) is 11.3 Å². The fraction of sp³-hybridized carbons (Fsp3) is 0.474. The van der Waals surface area contributed by atoms with Crippen LogP contribution >= 0.6 is 11.6 Å². The highest BCUT2D eigenvalue weighted by molar-refractivity contribution is 6.18. The Labute approximate surface area is 148 Å². The van der Waals surface area contributed by atoms with Gasteiger partial charge in [-0.3, -0.25) is 4.79 Å². The second kappa shape index (κ2) is 9.34. The molecule has 0 fully saturated rings. The van der Waals surface area contributed by atoms with E-state index in [4.69, 9.17) is 16.9 Å². The van der Waals surface area contributed by atoms with E-state index in [-0.39, 0.29) is 17.5 Å². The Morgan fingerprint density at radius 3 is 2.79 bits per heavy atom. The van der Waals surface area contributed by atoms with Gasteiger partial charge >= 0.3 is 0 Å². The fourth-order valence-electron chi connectivity index (χ4n) is 3.00. The average Bonchev–Trinajstić information content (AvgIpc) is 2.62. The summed E-state index contributed by atoms with van der Waals surface area (Å²) >= 11 is 5.58.